The molecule has 0 radical (unpaired) electrons. The van der Waals surface area contributed by atoms with Gasteiger partial charge in [-0.3, -0.25) is 9.78 Å². The molecule has 126 valence electrons. The number of amides is 1. The number of rotatable bonds is 6. The molecule has 1 heterocycles. The lowest BCUT2D eigenvalue weighted by molar-refractivity contribution is 0.0950. The Hall–Kier alpha value is -2.47. The van der Waals surface area contributed by atoms with Crippen molar-refractivity contribution in [2.45, 2.75) is 18.9 Å². The first-order chi connectivity index (χ1) is 11.6. The van der Waals surface area contributed by atoms with Crippen molar-refractivity contribution in [3.63, 3.8) is 0 Å². The molecule has 24 heavy (non-hydrogen) atoms. The number of halogens is 1. The lowest BCUT2D eigenvalue weighted by Gasteiger charge is -2.14. The molecule has 1 fully saturated rings. The van der Waals surface area contributed by atoms with Gasteiger partial charge in [-0.1, -0.05) is 11.6 Å². The Balaban J connectivity index is 1.84. The van der Waals surface area contributed by atoms with E-state index in [2.05, 4.69) is 15.6 Å². The number of carbonyl (C=O) groups is 1. The minimum absolute atomic E-state index is 0.116. The fourth-order valence-corrected chi connectivity index (χ4v) is 2.47. The first-order valence-corrected chi connectivity index (χ1v) is 7.93. The van der Waals surface area contributed by atoms with Gasteiger partial charge in [-0.05, 0) is 18.9 Å². The molecule has 0 unspecified atom stereocenters. The first kappa shape index (κ1) is 16.4. The van der Waals surface area contributed by atoms with Crippen LogP contribution < -0.4 is 20.1 Å². The topological polar surface area (TPSA) is 72.5 Å². The number of aromatic nitrogens is 1. The van der Waals surface area contributed by atoms with Crippen molar-refractivity contribution in [2.75, 3.05) is 19.5 Å². The van der Waals surface area contributed by atoms with E-state index in [4.69, 9.17) is 21.1 Å². The number of methoxy groups -OCH3 is 2. The number of benzene rings is 1. The fourth-order valence-electron chi connectivity index (χ4n) is 2.24. The molecule has 6 nitrogen and oxygen atoms in total. The van der Waals surface area contributed by atoms with Crippen LogP contribution >= 0.6 is 11.6 Å². The number of nitrogens with one attached hydrogen (secondary N) is 2. The molecule has 0 spiro atoms. The molecule has 0 atom stereocenters. The Labute approximate surface area is 145 Å². The Morgan fingerprint density at radius 1 is 1.17 bits per heavy atom. The highest BCUT2D eigenvalue weighted by Gasteiger charge is 2.24. The van der Waals surface area contributed by atoms with Gasteiger partial charge in [-0.2, -0.15) is 0 Å². The first-order valence-electron chi connectivity index (χ1n) is 7.55. The predicted octanol–water partition coefficient (Wildman–Crippen LogP) is 3.39. The van der Waals surface area contributed by atoms with Gasteiger partial charge in [0.05, 0.1) is 42.4 Å². The second-order valence-corrected chi connectivity index (χ2v) is 5.93. The van der Waals surface area contributed by atoms with Crippen LogP contribution in [0.25, 0.3) is 0 Å². The van der Waals surface area contributed by atoms with Crippen LogP contribution in [0.1, 0.15) is 23.2 Å². The van der Waals surface area contributed by atoms with E-state index in [0.717, 1.165) is 12.8 Å². The molecule has 0 saturated heterocycles. The number of ether oxygens (including phenoxy) is 2. The molecule has 0 bridgehead atoms. The highest BCUT2D eigenvalue weighted by Crippen LogP contribution is 2.37. The van der Waals surface area contributed by atoms with E-state index in [-0.39, 0.29) is 5.91 Å². The summed E-state index contributed by atoms with van der Waals surface area (Å²) in [5.74, 6) is 0.971. The SMILES string of the molecule is COc1cc(Nc2cncc(C(=O)NC3CC3)c2)c(OC)cc1Cl. The van der Waals surface area contributed by atoms with E-state index in [1.807, 2.05) is 0 Å². The van der Waals surface area contributed by atoms with Gasteiger partial charge in [0.25, 0.3) is 5.91 Å². The van der Waals surface area contributed by atoms with Gasteiger partial charge in [-0.15, -0.1) is 0 Å². The Kier molecular flexibility index (Phi) is 4.76. The van der Waals surface area contributed by atoms with Crippen LogP contribution in [0.4, 0.5) is 11.4 Å². The van der Waals surface area contributed by atoms with Crippen LogP contribution in [0, 0.1) is 0 Å². The zero-order valence-corrected chi connectivity index (χ0v) is 14.2. The Morgan fingerprint density at radius 2 is 1.92 bits per heavy atom. The lowest BCUT2D eigenvalue weighted by Crippen LogP contribution is -2.25. The molecule has 2 N–H and O–H groups in total. The van der Waals surface area contributed by atoms with E-state index >= 15 is 0 Å². The van der Waals surface area contributed by atoms with Gasteiger partial charge in [-0.25, -0.2) is 0 Å². The summed E-state index contributed by atoms with van der Waals surface area (Å²) in [6, 6.07) is 5.44. The quantitative estimate of drug-likeness (QED) is 0.838. The van der Waals surface area contributed by atoms with E-state index in [9.17, 15) is 4.79 Å². The third-order valence-electron chi connectivity index (χ3n) is 3.67. The van der Waals surface area contributed by atoms with Crippen LogP contribution in [-0.2, 0) is 0 Å². The van der Waals surface area contributed by atoms with Crippen molar-refractivity contribution in [1.29, 1.82) is 0 Å². The average molecular weight is 348 g/mol. The molecule has 1 aromatic carbocycles. The minimum atomic E-state index is -0.116. The summed E-state index contributed by atoms with van der Waals surface area (Å²) in [4.78, 5) is 16.3. The number of hydrogen-bond acceptors (Lipinski definition) is 5. The highest BCUT2D eigenvalue weighted by molar-refractivity contribution is 6.32. The molecule has 1 saturated carbocycles. The van der Waals surface area contributed by atoms with Crippen molar-refractivity contribution >= 4 is 28.9 Å². The summed E-state index contributed by atoms with van der Waals surface area (Å²) in [5.41, 5.74) is 1.84. The predicted molar refractivity (Wildman–Crippen MR) is 92.6 cm³/mol. The standard InChI is InChI=1S/C17H18ClN3O3/c1-23-15-7-14(16(24-2)6-13(15)18)20-12-5-10(8-19-9-12)17(22)21-11-3-4-11/h5-9,11,20H,3-4H2,1-2H3,(H,21,22). The minimum Gasteiger partial charge on any atom is -0.495 e. The van der Waals surface area contributed by atoms with Crippen LogP contribution in [0.3, 0.4) is 0 Å². The highest BCUT2D eigenvalue weighted by atomic mass is 35.5. The largest absolute Gasteiger partial charge is 0.495 e. The fraction of sp³-hybridized carbons (Fsp3) is 0.294. The van der Waals surface area contributed by atoms with Crippen molar-refractivity contribution in [2.24, 2.45) is 0 Å². The van der Waals surface area contributed by atoms with E-state index in [1.54, 1.807) is 44.8 Å². The van der Waals surface area contributed by atoms with Gasteiger partial charge in [0.2, 0.25) is 0 Å². The summed E-state index contributed by atoms with van der Waals surface area (Å²) in [7, 11) is 3.10. The molecule has 3 rings (SSSR count). The smallest absolute Gasteiger partial charge is 0.253 e. The molecule has 1 amide bonds. The van der Waals surface area contributed by atoms with Crippen molar-refractivity contribution in [3.05, 3.63) is 41.2 Å². The van der Waals surface area contributed by atoms with Crippen LogP contribution in [0.5, 0.6) is 11.5 Å². The molecule has 1 aliphatic rings. The monoisotopic (exact) mass is 347 g/mol. The molecule has 7 heteroatoms. The van der Waals surface area contributed by atoms with Gasteiger partial charge in [0.15, 0.2) is 0 Å². The Bertz CT molecular complexity index is 763. The zero-order valence-electron chi connectivity index (χ0n) is 13.4. The maximum Gasteiger partial charge on any atom is 0.253 e. The lowest BCUT2D eigenvalue weighted by atomic mass is 10.2. The third-order valence-corrected chi connectivity index (χ3v) is 3.96. The summed E-state index contributed by atoms with van der Waals surface area (Å²) >= 11 is 6.11. The molecule has 1 aromatic heterocycles. The van der Waals surface area contributed by atoms with Gasteiger partial charge in [0.1, 0.15) is 11.5 Å². The summed E-state index contributed by atoms with van der Waals surface area (Å²) in [6.45, 7) is 0. The molecule has 0 aliphatic heterocycles. The maximum absolute atomic E-state index is 12.1. The number of hydrogen-bond donors (Lipinski definition) is 2. The molecule has 2 aromatic rings. The van der Waals surface area contributed by atoms with Crippen molar-refractivity contribution < 1.29 is 14.3 Å². The third kappa shape index (κ3) is 3.71. The van der Waals surface area contributed by atoms with E-state index < -0.39 is 0 Å². The van der Waals surface area contributed by atoms with E-state index in [1.165, 1.54) is 0 Å². The van der Waals surface area contributed by atoms with E-state index in [0.29, 0.717) is 39.5 Å². The second kappa shape index (κ2) is 6.97. The van der Waals surface area contributed by atoms with Gasteiger partial charge < -0.3 is 20.1 Å². The average Bonchev–Trinajstić information content (AvgIpc) is 3.40. The zero-order chi connectivity index (χ0) is 17.1. The van der Waals surface area contributed by atoms with Crippen molar-refractivity contribution in [3.8, 4) is 11.5 Å². The molecular formula is C17H18ClN3O3. The molecule has 1 aliphatic carbocycles. The molecular weight excluding hydrogens is 330 g/mol. The number of carbonyl (C=O) groups excluding carboxylic acids is 1. The normalized spacial score (nSPS) is 13.3. The summed E-state index contributed by atoms with van der Waals surface area (Å²) in [5, 5.41) is 6.58. The Morgan fingerprint density at radius 3 is 2.58 bits per heavy atom. The van der Waals surface area contributed by atoms with Gasteiger partial charge >= 0.3 is 0 Å². The summed E-state index contributed by atoms with van der Waals surface area (Å²) < 4.78 is 10.6. The van der Waals surface area contributed by atoms with Crippen LogP contribution in [-0.4, -0.2) is 31.2 Å². The maximum atomic E-state index is 12.1. The van der Waals surface area contributed by atoms with Crippen molar-refractivity contribution in [1.82, 2.24) is 10.3 Å². The van der Waals surface area contributed by atoms with Crippen LogP contribution in [0.2, 0.25) is 5.02 Å². The van der Waals surface area contributed by atoms with Gasteiger partial charge in [0, 0.05) is 24.4 Å². The number of pyridine rings is 1. The summed E-state index contributed by atoms with van der Waals surface area (Å²) in [6.07, 6.45) is 5.26. The number of anilines is 2. The van der Waals surface area contributed by atoms with Crippen LogP contribution in [0.15, 0.2) is 30.6 Å². The number of nitrogens with zero attached hydrogens (tertiary/aromatic N) is 1. The second-order valence-electron chi connectivity index (χ2n) is 5.52.